The van der Waals surface area contributed by atoms with Crippen LogP contribution in [0.25, 0.3) is 0 Å². The maximum atomic E-state index is 12.0. The summed E-state index contributed by atoms with van der Waals surface area (Å²) >= 11 is 0. The summed E-state index contributed by atoms with van der Waals surface area (Å²) in [5.41, 5.74) is 0. The van der Waals surface area contributed by atoms with E-state index in [0.717, 1.165) is 0 Å². The summed E-state index contributed by atoms with van der Waals surface area (Å²) < 4.78 is 69.1. The Balaban J connectivity index is 0. The summed E-state index contributed by atoms with van der Waals surface area (Å²) in [6.07, 6.45) is -3.29. The van der Waals surface area contributed by atoms with E-state index in [-0.39, 0.29) is 13.0 Å². The maximum Gasteiger partial charge on any atom is 0.391 e. The normalized spacial score (nSPS) is 14.0. The second kappa shape index (κ2) is 8.87. The van der Waals surface area contributed by atoms with Crippen molar-refractivity contribution in [1.29, 1.82) is 0 Å². The Bertz CT molecular complexity index is 350. The highest BCUT2D eigenvalue weighted by Crippen LogP contribution is 2.42. The molecule has 1 unspecified atom stereocenters. The molecule has 0 radical (unpaired) electrons. The topological polar surface area (TPSA) is 101 Å². The Hall–Kier alpha value is -0.150. The zero-order valence-corrected chi connectivity index (χ0v) is 11.5. The Kier molecular flexibility index (Phi) is 9.94. The zero-order valence-electron chi connectivity index (χ0n) is 9.79. The largest absolute Gasteiger partial charge is 0.391 e. The molecule has 112 valence electrons. The van der Waals surface area contributed by atoms with Crippen LogP contribution in [0, 0.1) is 0 Å². The molecular formula is C7H16F3O6PS. The van der Waals surface area contributed by atoms with Crippen molar-refractivity contribution < 1.29 is 40.1 Å². The lowest BCUT2D eigenvalue weighted by atomic mass is 10.4. The molecule has 0 spiro atoms. The molecule has 6 nitrogen and oxygen atoms in total. The summed E-state index contributed by atoms with van der Waals surface area (Å²) in [6, 6.07) is 0. The van der Waals surface area contributed by atoms with Crippen LogP contribution in [0.15, 0.2) is 0 Å². The van der Waals surface area contributed by atoms with Crippen LogP contribution in [-0.4, -0.2) is 42.9 Å². The van der Waals surface area contributed by atoms with E-state index in [0.29, 0.717) is 0 Å². The standard InChI is InChI=1S/C6H13FO3S.CH3F2O3P/c1-3-6(5-7)11(8,9)10-4-2;2-1(3)7(4,5)6/h6H,3-5H2,1-2H3;1H,(H2,4,5,6). The smallest absolute Gasteiger partial charge is 0.320 e. The molecule has 0 aliphatic rings. The van der Waals surface area contributed by atoms with Gasteiger partial charge >= 0.3 is 13.8 Å². The average molecular weight is 316 g/mol. The first-order valence-corrected chi connectivity index (χ1v) is 7.95. The average Bonchev–Trinajstić information content (AvgIpc) is 2.18. The first-order chi connectivity index (χ1) is 8.02. The third kappa shape index (κ3) is 8.87. The molecule has 0 aromatic rings. The first kappa shape index (κ1) is 20.2. The maximum absolute atomic E-state index is 12.0. The lowest BCUT2D eigenvalue weighted by Gasteiger charge is -2.10. The van der Waals surface area contributed by atoms with Gasteiger partial charge in [-0.15, -0.1) is 0 Å². The van der Waals surface area contributed by atoms with E-state index in [2.05, 4.69) is 4.18 Å². The number of rotatable bonds is 6. The Morgan fingerprint density at radius 1 is 1.28 bits per heavy atom. The van der Waals surface area contributed by atoms with Crippen LogP contribution in [0.1, 0.15) is 20.3 Å². The van der Waals surface area contributed by atoms with E-state index in [1.165, 1.54) is 0 Å². The van der Waals surface area contributed by atoms with E-state index in [9.17, 15) is 26.2 Å². The lowest BCUT2D eigenvalue weighted by Crippen LogP contribution is -2.24. The number of alkyl halides is 3. The highest BCUT2D eigenvalue weighted by atomic mass is 32.2. The molecule has 0 rings (SSSR count). The molecule has 0 aliphatic carbocycles. The fourth-order valence-corrected chi connectivity index (χ4v) is 1.73. The van der Waals surface area contributed by atoms with E-state index in [1.807, 2.05) is 0 Å². The van der Waals surface area contributed by atoms with E-state index >= 15 is 0 Å². The predicted molar refractivity (Wildman–Crippen MR) is 58.6 cm³/mol. The summed E-state index contributed by atoms with van der Waals surface area (Å²) in [7, 11) is -8.72. The van der Waals surface area contributed by atoms with Gasteiger partial charge in [0.15, 0.2) is 0 Å². The van der Waals surface area contributed by atoms with Gasteiger partial charge in [0.05, 0.1) is 6.61 Å². The van der Waals surface area contributed by atoms with Crippen molar-refractivity contribution >= 4 is 17.7 Å². The number of halogens is 3. The van der Waals surface area contributed by atoms with Gasteiger partial charge < -0.3 is 9.79 Å². The van der Waals surface area contributed by atoms with Crippen LogP contribution < -0.4 is 0 Å². The monoisotopic (exact) mass is 316 g/mol. The quantitative estimate of drug-likeness (QED) is 0.569. The molecule has 2 N–H and O–H groups in total. The third-order valence-corrected chi connectivity index (χ3v) is 3.92. The minimum Gasteiger partial charge on any atom is -0.320 e. The van der Waals surface area contributed by atoms with Gasteiger partial charge in [0, 0.05) is 0 Å². The highest BCUT2D eigenvalue weighted by molar-refractivity contribution is 7.87. The molecule has 0 fully saturated rings. The SMILES string of the molecule is CCOS(=O)(=O)C(CC)CF.O=P(O)(O)C(F)F. The third-order valence-electron chi connectivity index (χ3n) is 1.57. The number of hydrogen-bond donors (Lipinski definition) is 2. The molecule has 0 heterocycles. The zero-order chi connectivity index (χ0) is 15.0. The van der Waals surface area contributed by atoms with Gasteiger partial charge in [-0.3, -0.25) is 8.75 Å². The number of hydrogen-bond acceptors (Lipinski definition) is 4. The fourth-order valence-electron chi connectivity index (χ4n) is 0.651. The molecule has 0 saturated heterocycles. The molecule has 0 amide bonds. The summed E-state index contributed by atoms with van der Waals surface area (Å²) in [5, 5.41) is -0.998. The minimum absolute atomic E-state index is 0.0683. The van der Waals surface area contributed by atoms with Crippen LogP contribution in [0.4, 0.5) is 13.2 Å². The van der Waals surface area contributed by atoms with Crippen molar-refractivity contribution in [3.63, 3.8) is 0 Å². The molecule has 1 atom stereocenters. The minimum atomic E-state index is -5.07. The molecule has 18 heavy (non-hydrogen) atoms. The Labute approximate surface area is 103 Å². The molecule has 0 aromatic heterocycles. The predicted octanol–water partition coefficient (Wildman–Crippen LogP) is 1.49. The molecule has 11 heteroatoms. The van der Waals surface area contributed by atoms with Crippen LogP contribution in [0.2, 0.25) is 0 Å². The highest BCUT2D eigenvalue weighted by Gasteiger charge is 2.27. The van der Waals surface area contributed by atoms with Crippen molar-refractivity contribution in [3.8, 4) is 0 Å². The van der Waals surface area contributed by atoms with Gasteiger partial charge in [0.1, 0.15) is 11.9 Å². The first-order valence-electron chi connectivity index (χ1n) is 4.80. The summed E-state index contributed by atoms with van der Waals surface area (Å²) in [6.45, 7) is 2.36. The molecule has 0 saturated carbocycles. The summed E-state index contributed by atoms with van der Waals surface area (Å²) in [4.78, 5) is 14.9. The van der Waals surface area contributed by atoms with Crippen molar-refractivity contribution in [2.75, 3.05) is 13.3 Å². The van der Waals surface area contributed by atoms with Gasteiger partial charge in [-0.05, 0) is 13.3 Å². The van der Waals surface area contributed by atoms with Crippen LogP contribution in [0.3, 0.4) is 0 Å². The van der Waals surface area contributed by atoms with Gasteiger partial charge in [-0.1, -0.05) is 6.92 Å². The lowest BCUT2D eigenvalue weighted by molar-refractivity contribution is 0.184. The molecule has 0 aliphatic heterocycles. The van der Waals surface area contributed by atoms with Crippen molar-refractivity contribution in [2.24, 2.45) is 0 Å². The summed E-state index contributed by atoms with van der Waals surface area (Å²) in [5.74, 6) is 0. The molecule has 0 bridgehead atoms. The van der Waals surface area contributed by atoms with Crippen molar-refractivity contribution in [2.45, 2.75) is 31.7 Å². The van der Waals surface area contributed by atoms with Gasteiger partial charge in [0.2, 0.25) is 0 Å². The van der Waals surface area contributed by atoms with Gasteiger partial charge in [0.25, 0.3) is 10.1 Å². The van der Waals surface area contributed by atoms with Crippen LogP contribution in [-0.2, 0) is 18.9 Å². The van der Waals surface area contributed by atoms with E-state index in [4.69, 9.17) is 9.79 Å². The van der Waals surface area contributed by atoms with E-state index < -0.39 is 35.8 Å². The Morgan fingerprint density at radius 3 is 1.83 bits per heavy atom. The Morgan fingerprint density at radius 2 is 1.67 bits per heavy atom. The second-order valence-corrected chi connectivity index (χ2v) is 6.41. The van der Waals surface area contributed by atoms with Crippen molar-refractivity contribution in [3.05, 3.63) is 0 Å². The fraction of sp³-hybridized carbons (Fsp3) is 1.00. The molecular weight excluding hydrogens is 300 g/mol. The van der Waals surface area contributed by atoms with Gasteiger partial charge in [-0.25, -0.2) is 4.39 Å². The van der Waals surface area contributed by atoms with Gasteiger partial charge in [-0.2, -0.15) is 17.2 Å². The van der Waals surface area contributed by atoms with Crippen LogP contribution >= 0.6 is 7.60 Å². The second-order valence-electron chi connectivity index (χ2n) is 2.95. The van der Waals surface area contributed by atoms with E-state index in [1.54, 1.807) is 13.8 Å². The van der Waals surface area contributed by atoms with Crippen molar-refractivity contribution in [1.82, 2.24) is 0 Å². The van der Waals surface area contributed by atoms with Crippen LogP contribution in [0.5, 0.6) is 0 Å². The molecule has 0 aromatic carbocycles.